The van der Waals surface area contributed by atoms with E-state index in [1.807, 2.05) is 6.07 Å². The number of nitriles is 1. The maximum Gasteiger partial charge on any atom is 0.333 e. The van der Waals surface area contributed by atoms with Gasteiger partial charge in [-0.3, -0.25) is 14.3 Å². The van der Waals surface area contributed by atoms with Crippen molar-refractivity contribution in [2.45, 2.75) is 44.4 Å². The number of aromatic nitrogens is 5. The zero-order valence-corrected chi connectivity index (χ0v) is 20.8. The number of rotatable bonds is 7. The number of pyridine rings is 1. The summed E-state index contributed by atoms with van der Waals surface area (Å²) in [6, 6.07) is 10.7. The van der Waals surface area contributed by atoms with E-state index >= 15 is 0 Å². The Bertz CT molecular complexity index is 1580. The molecule has 13 heteroatoms. The average molecular weight is 535 g/mol. The van der Waals surface area contributed by atoms with E-state index in [4.69, 9.17) is 15.7 Å². The van der Waals surface area contributed by atoms with Crippen molar-refractivity contribution in [2.24, 2.45) is 12.8 Å². The van der Waals surface area contributed by atoms with Crippen LogP contribution in [0.4, 0.5) is 8.78 Å². The van der Waals surface area contributed by atoms with Crippen molar-refractivity contribution in [3.05, 3.63) is 59.4 Å². The molecule has 0 bridgehead atoms. The molecule has 0 aliphatic heterocycles. The smallest absolute Gasteiger partial charge is 0.333 e. The number of carbonyl (C=O) groups excluding carboxylic acids is 2. The van der Waals surface area contributed by atoms with E-state index in [1.165, 1.54) is 30.3 Å². The molecule has 5 rings (SSSR count). The fraction of sp³-hybridized carbons (Fsp3) is 0.308. The first-order valence-electron chi connectivity index (χ1n) is 12.2. The number of carbonyl (C=O) groups is 2. The SMILES string of the molecule is Cn1ncc2cc(C(N)=O)c(O[C@H]3CC[C@H](NC(=O)c4cc(-c5ccc(C#N)cc5)n(C(F)F)n4)CC3)nc21. The highest BCUT2D eigenvalue weighted by molar-refractivity contribution is 5.98. The molecule has 200 valence electrons. The third-order valence-corrected chi connectivity index (χ3v) is 6.69. The fourth-order valence-corrected chi connectivity index (χ4v) is 4.65. The number of fused-ring (bicyclic) bond motifs is 1. The van der Waals surface area contributed by atoms with Crippen LogP contribution in [0.2, 0.25) is 0 Å². The molecule has 0 saturated heterocycles. The molecule has 0 unspecified atom stereocenters. The molecule has 1 fully saturated rings. The number of alkyl halides is 2. The normalized spacial score (nSPS) is 17.2. The Morgan fingerprint density at radius 1 is 1.18 bits per heavy atom. The summed E-state index contributed by atoms with van der Waals surface area (Å²) >= 11 is 0. The Kier molecular flexibility index (Phi) is 6.93. The molecular weight excluding hydrogens is 510 g/mol. The molecule has 11 nitrogen and oxygen atoms in total. The van der Waals surface area contributed by atoms with Crippen molar-refractivity contribution in [3.8, 4) is 23.2 Å². The average Bonchev–Trinajstić information content (AvgIpc) is 3.54. The van der Waals surface area contributed by atoms with Gasteiger partial charge in [-0.25, -0.2) is 4.68 Å². The number of nitrogens with zero attached hydrogens (tertiary/aromatic N) is 6. The summed E-state index contributed by atoms with van der Waals surface area (Å²) in [5.74, 6) is -1.08. The van der Waals surface area contributed by atoms with E-state index in [-0.39, 0.29) is 35.0 Å². The highest BCUT2D eigenvalue weighted by atomic mass is 19.3. The molecule has 1 aliphatic carbocycles. The van der Waals surface area contributed by atoms with Gasteiger partial charge in [0.25, 0.3) is 11.8 Å². The lowest BCUT2D eigenvalue weighted by Gasteiger charge is -2.29. The number of hydrogen-bond acceptors (Lipinski definition) is 7. The largest absolute Gasteiger partial charge is 0.474 e. The third kappa shape index (κ3) is 5.26. The number of benzene rings is 1. The molecule has 3 heterocycles. The summed E-state index contributed by atoms with van der Waals surface area (Å²) < 4.78 is 35.4. The van der Waals surface area contributed by atoms with Gasteiger partial charge in [-0.15, -0.1) is 0 Å². The molecule has 4 aromatic rings. The van der Waals surface area contributed by atoms with Gasteiger partial charge in [-0.05, 0) is 49.9 Å². The molecule has 1 aliphatic rings. The number of primary amides is 1. The predicted octanol–water partition coefficient (Wildman–Crippen LogP) is 3.32. The number of hydrogen-bond donors (Lipinski definition) is 2. The summed E-state index contributed by atoms with van der Waals surface area (Å²) in [5, 5.41) is 20.5. The third-order valence-electron chi connectivity index (χ3n) is 6.69. The summed E-state index contributed by atoms with van der Waals surface area (Å²) in [4.78, 5) is 29.3. The maximum absolute atomic E-state index is 13.6. The second-order valence-electron chi connectivity index (χ2n) is 9.28. The van der Waals surface area contributed by atoms with Gasteiger partial charge in [0.15, 0.2) is 11.3 Å². The van der Waals surface area contributed by atoms with Gasteiger partial charge in [0.05, 0.1) is 23.5 Å². The first kappa shape index (κ1) is 25.8. The molecule has 3 N–H and O–H groups in total. The summed E-state index contributed by atoms with van der Waals surface area (Å²) in [6.45, 7) is -2.95. The quantitative estimate of drug-likeness (QED) is 0.369. The van der Waals surface area contributed by atoms with Crippen LogP contribution < -0.4 is 15.8 Å². The van der Waals surface area contributed by atoms with E-state index in [9.17, 15) is 18.4 Å². The molecular formula is C26H24F2N8O3. The number of halogens is 2. The molecule has 2 amide bonds. The predicted molar refractivity (Wildman–Crippen MR) is 135 cm³/mol. The first-order chi connectivity index (χ1) is 18.7. The minimum Gasteiger partial charge on any atom is -0.474 e. The topological polar surface area (TPSA) is 154 Å². The minimum absolute atomic E-state index is 0.0693. The number of aryl methyl sites for hydroxylation is 1. The Balaban J connectivity index is 1.24. The molecule has 39 heavy (non-hydrogen) atoms. The Hall–Kier alpha value is -4.86. The van der Waals surface area contributed by atoms with Crippen LogP contribution in [0.25, 0.3) is 22.3 Å². The van der Waals surface area contributed by atoms with Crippen LogP contribution in [0, 0.1) is 11.3 Å². The number of nitrogens with two attached hydrogens (primary N) is 1. The van der Waals surface area contributed by atoms with E-state index in [0.717, 1.165) is 0 Å². The minimum atomic E-state index is -2.95. The summed E-state index contributed by atoms with van der Waals surface area (Å²) in [5.41, 5.74) is 6.98. The van der Waals surface area contributed by atoms with Crippen LogP contribution in [0.15, 0.2) is 42.6 Å². The lowest BCUT2D eigenvalue weighted by atomic mass is 9.93. The zero-order chi connectivity index (χ0) is 27.7. The van der Waals surface area contributed by atoms with Crippen LogP contribution in [-0.4, -0.2) is 48.5 Å². The van der Waals surface area contributed by atoms with Gasteiger partial charge >= 0.3 is 6.55 Å². The zero-order valence-electron chi connectivity index (χ0n) is 20.8. The molecule has 1 aromatic carbocycles. The van der Waals surface area contributed by atoms with E-state index in [0.29, 0.717) is 52.5 Å². The van der Waals surface area contributed by atoms with Gasteiger partial charge in [0.1, 0.15) is 11.7 Å². The molecule has 0 radical (unpaired) electrons. The van der Waals surface area contributed by atoms with Gasteiger partial charge in [-0.2, -0.15) is 29.2 Å². The van der Waals surface area contributed by atoms with E-state index < -0.39 is 18.4 Å². The second-order valence-corrected chi connectivity index (χ2v) is 9.28. The van der Waals surface area contributed by atoms with Gasteiger partial charge < -0.3 is 15.8 Å². The van der Waals surface area contributed by atoms with Crippen LogP contribution in [0.5, 0.6) is 5.88 Å². The van der Waals surface area contributed by atoms with Crippen molar-refractivity contribution >= 4 is 22.8 Å². The van der Waals surface area contributed by atoms with E-state index in [1.54, 1.807) is 24.0 Å². The summed E-state index contributed by atoms with van der Waals surface area (Å²) in [6.07, 6.45) is 3.59. The standard InChI is InChI=1S/C26H24F2N8O3/c1-35-23-16(13-31-35)10-19(22(30)37)25(33-23)39-18-8-6-17(7-9-18)32-24(38)20-11-21(36(34-20)26(27)28)15-4-2-14(12-29)3-5-15/h2-5,10-11,13,17-18,26H,6-9H2,1H3,(H2,30,37)(H,32,38)/t17-,18-. The van der Waals surface area contributed by atoms with Crippen molar-refractivity contribution in [1.82, 2.24) is 29.9 Å². The van der Waals surface area contributed by atoms with Crippen molar-refractivity contribution < 1.29 is 23.1 Å². The van der Waals surface area contributed by atoms with Gasteiger partial charge in [0, 0.05) is 24.0 Å². The molecule has 1 saturated carbocycles. The second kappa shape index (κ2) is 10.5. The lowest BCUT2D eigenvalue weighted by Crippen LogP contribution is -2.40. The van der Waals surface area contributed by atoms with E-state index in [2.05, 4.69) is 20.5 Å². The molecule has 3 aromatic heterocycles. The maximum atomic E-state index is 13.6. The fourth-order valence-electron chi connectivity index (χ4n) is 4.65. The molecule has 0 spiro atoms. The van der Waals surface area contributed by atoms with Gasteiger partial charge in [0.2, 0.25) is 5.88 Å². The number of nitrogens with one attached hydrogen (secondary N) is 1. The number of amides is 2. The van der Waals surface area contributed by atoms with Crippen LogP contribution in [0.3, 0.4) is 0 Å². The summed E-state index contributed by atoms with van der Waals surface area (Å²) in [7, 11) is 1.73. The van der Waals surface area contributed by atoms with Gasteiger partial charge in [-0.1, -0.05) is 12.1 Å². The Labute approximate surface area is 221 Å². The monoisotopic (exact) mass is 534 g/mol. The molecule has 0 atom stereocenters. The Morgan fingerprint density at radius 3 is 2.54 bits per heavy atom. The van der Waals surface area contributed by atoms with Crippen molar-refractivity contribution in [3.63, 3.8) is 0 Å². The van der Waals surface area contributed by atoms with Crippen LogP contribution >= 0.6 is 0 Å². The van der Waals surface area contributed by atoms with Crippen LogP contribution in [-0.2, 0) is 7.05 Å². The lowest BCUT2D eigenvalue weighted by molar-refractivity contribution is 0.0577. The number of ether oxygens (including phenoxy) is 1. The van der Waals surface area contributed by atoms with Crippen LogP contribution in [0.1, 0.15) is 58.6 Å². The highest BCUT2D eigenvalue weighted by Crippen LogP contribution is 2.29. The highest BCUT2D eigenvalue weighted by Gasteiger charge is 2.28. The Morgan fingerprint density at radius 2 is 1.90 bits per heavy atom. The van der Waals surface area contributed by atoms with Crippen molar-refractivity contribution in [1.29, 1.82) is 5.26 Å². The first-order valence-corrected chi connectivity index (χ1v) is 12.2. The van der Waals surface area contributed by atoms with Crippen molar-refractivity contribution in [2.75, 3.05) is 0 Å².